The summed E-state index contributed by atoms with van der Waals surface area (Å²) >= 11 is 5.71. The Morgan fingerprint density at radius 1 is 0.914 bits per heavy atom. The van der Waals surface area contributed by atoms with E-state index >= 15 is 0 Å². The molecule has 1 N–H and O–H groups in total. The number of allylic oxidation sites excluding steroid dienone is 3. The van der Waals surface area contributed by atoms with Crippen LogP contribution in [0, 0.1) is 0 Å². The molecule has 178 valence electrons. The molecule has 2 heterocycles. The second kappa shape index (κ2) is 11.6. The van der Waals surface area contributed by atoms with Gasteiger partial charge in [-0.1, -0.05) is 66.8 Å². The molecule has 0 fully saturated rings. The molecule has 4 nitrogen and oxygen atoms in total. The molecule has 2 aromatic heterocycles. The molecule has 1 unspecified atom stereocenters. The molecule has 0 radical (unpaired) electrons. The summed E-state index contributed by atoms with van der Waals surface area (Å²) in [5.41, 5.74) is 7.56. The number of pyridine rings is 2. The largest absolute Gasteiger partial charge is 0.307 e. The van der Waals surface area contributed by atoms with Gasteiger partial charge in [-0.3, -0.25) is 14.9 Å². The van der Waals surface area contributed by atoms with Gasteiger partial charge >= 0.3 is 0 Å². The molecule has 0 saturated carbocycles. The van der Waals surface area contributed by atoms with Crippen LogP contribution in [0.5, 0.6) is 0 Å². The minimum Gasteiger partial charge on any atom is -0.307 e. The van der Waals surface area contributed by atoms with Crippen molar-refractivity contribution < 1.29 is 0 Å². The monoisotopic (exact) mass is 480 g/mol. The van der Waals surface area contributed by atoms with Gasteiger partial charge in [-0.25, -0.2) is 0 Å². The van der Waals surface area contributed by atoms with Crippen molar-refractivity contribution in [1.29, 1.82) is 0 Å². The summed E-state index contributed by atoms with van der Waals surface area (Å²) in [5.74, 6) is 0. The highest BCUT2D eigenvalue weighted by atomic mass is 32.1. The molecule has 5 heteroatoms. The van der Waals surface area contributed by atoms with Gasteiger partial charge in [0.1, 0.15) is 0 Å². The maximum absolute atomic E-state index is 5.71. The van der Waals surface area contributed by atoms with E-state index in [-0.39, 0.29) is 0 Å². The third kappa shape index (κ3) is 6.17. The lowest BCUT2D eigenvalue weighted by Crippen LogP contribution is -2.34. The minimum absolute atomic E-state index is 0.314. The SMILES string of the molecule is S=C1CC=CC=C1CN(Cc1ccc(CNCc2ccccn2)cc1)C1CCCc2cccnc21. The number of nitrogens with one attached hydrogen (secondary N) is 1. The molecule has 35 heavy (non-hydrogen) atoms. The lowest BCUT2D eigenvalue weighted by Gasteiger charge is -2.36. The van der Waals surface area contributed by atoms with Crippen LogP contribution in [0.25, 0.3) is 0 Å². The van der Waals surface area contributed by atoms with Gasteiger partial charge in [-0.05, 0) is 59.7 Å². The van der Waals surface area contributed by atoms with Crippen LogP contribution in [0.1, 0.15) is 53.4 Å². The molecule has 5 rings (SSSR count). The fourth-order valence-corrected chi connectivity index (χ4v) is 5.22. The Hall–Kier alpha value is -2.99. The Labute approximate surface area is 213 Å². The summed E-state index contributed by atoms with van der Waals surface area (Å²) in [7, 11) is 0. The second-order valence-corrected chi connectivity index (χ2v) is 9.84. The highest BCUT2D eigenvalue weighted by Crippen LogP contribution is 2.34. The first-order valence-corrected chi connectivity index (χ1v) is 12.9. The maximum Gasteiger partial charge on any atom is 0.0607 e. The van der Waals surface area contributed by atoms with Crippen molar-refractivity contribution in [2.75, 3.05) is 6.54 Å². The fourth-order valence-electron chi connectivity index (χ4n) is 4.99. The number of aromatic nitrogens is 2. The molecule has 2 aliphatic rings. The van der Waals surface area contributed by atoms with E-state index in [9.17, 15) is 0 Å². The highest BCUT2D eigenvalue weighted by molar-refractivity contribution is 7.80. The second-order valence-electron chi connectivity index (χ2n) is 9.35. The Kier molecular flexibility index (Phi) is 7.89. The van der Waals surface area contributed by atoms with Gasteiger partial charge < -0.3 is 5.32 Å². The number of aryl methyl sites for hydroxylation is 1. The first-order valence-electron chi connectivity index (χ1n) is 12.5. The van der Waals surface area contributed by atoms with Crippen molar-refractivity contribution >= 4 is 17.1 Å². The number of rotatable bonds is 9. The van der Waals surface area contributed by atoms with E-state index in [0.717, 1.165) is 56.0 Å². The molecule has 0 saturated heterocycles. The lowest BCUT2D eigenvalue weighted by atomic mass is 9.90. The average molecular weight is 481 g/mol. The summed E-state index contributed by atoms with van der Waals surface area (Å²) in [5, 5.41) is 3.49. The zero-order valence-corrected chi connectivity index (χ0v) is 20.9. The van der Waals surface area contributed by atoms with Crippen molar-refractivity contribution in [3.63, 3.8) is 0 Å². The standard InChI is InChI=1S/C30H32N4S/c35-29-12-2-1-7-26(29)22-34(28-11-5-8-25-9-6-18-33-30(25)28)21-24-15-13-23(14-16-24)19-31-20-27-10-3-4-17-32-27/h1-4,6-7,9-10,13-18,28,31H,5,8,11-12,19-22H2. The molecule has 2 aliphatic carbocycles. The van der Waals surface area contributed by atoms with Crippen molar-refractivity contribution in [2.24, 2.45) is 0 Å². The van der Waals surface area contributed by atoms with E-state index in [1.54, 1.807) is 0 Å². The van der Waals surface area contributed by atoms with Crippen LogP contribution in [-0.4, -0.2) is 26.3 Å². The number of hydrogen-bond acceptors (Lipinski definition) is 5. The molecular weight excluding hydrogens is 448 g/mol. The molecular formula is C30H32N4S. The first kappa shape index (κ1) is 23.7. The Morgan fingerprint density at radius 3 is 2.60 bits per heavy atom. The maximum atomic E-state index is 5.71. The number of nitrogens with zero attached hydrogens (tertiary/aromatic N) is 3. The lowest BCUT2D eigenvalue weighted by molar-refractivity contribution is 0.183. The van der Waals surface area contributed by atoms with Gasteiger partial charge in [0.15, 0.2) is 0 Å². The van der Waals surface area contributed by atoms with Gasteiger partial charge in [-0.2, -0.15) is 0 Å². The zero-order valence-electron chi connectivity index (χ0n) is 20.1. The van der Waals surface area contributed by atoms with E-state index in [1.807, 2.05) is 30.6 Å². The molecule has 0 amide bonds. The Bertz CT molecular complexity index is 1200. The van der Waals surface area contributed by atoms with Crippen LogP contribution in [-0.2, 0) is 26.1 Å². The van der Waals surface area contributed by atoms with Crippen molar-refractivity contribution in [2.45, 2.75) is 51.4 Å². The number of fused-ring (bicyclic) bond motifs is 1. The van der Waals surface area contributed by atoms with E-state index in [1.165, 1.54) is 34.4 Å². The zero-order chi connectivity index (χ0) is 23.9. The molecule has 1 aromatic carbocycles. The van der Waals surface area contributed by atoms with E-state index < -0.39 is 0 Å². The van der Waals surface area contributed by atoms with Crippen LogP contribution < -0.4 is 5.32 Å². The Balaban J connectivity index is 1.29. The van der Waals surface area contributed by atoms with Gasteiger partial charge in [0.2, 0.25) is 0 Å². The van der Waals surface area contributed by atoms with Crippen LogP contribution >= 0.6 is 12.2 Å². The average Bonchev–Trinajstić information content (AvgIpc) is 2.91. The van der Waals surface area contributed by atoms with Crippen molar-refractivity contribution in [3.05, 3.63) is 119 Å². The van der Waals surface area contributed by atoms with Gasteiger partial charge in [0.25, 0.3) is 0 Å². The molecule has 1 atom stereocenters. The summed E-state index contributed by atoms with van der Waals surface area (Å²) in [4.78, 5) is 12.8. The molecule has 0 spiro atoms. The molecule has 3 aromatic rings. The predicted molar refractivity (Wildman–Crippen MR) is 146 cm³/mol. The summed E-state index contributed by atoms with van der Waals surface area (Å²) < 4.78 is 0. The normalized spacial score (nSPS) is 17.3. The minimum atomic E-state index is 0.314. The third-order valence-corrected chi connectivity index (χ3v) is 7.27. The predicted octanol–water partition coefficient (Wildman–Crippen LogP) is 5.90. The summed E-state index contributed by atoms with van der Waals surface area (Å²) in [6.07, 6.45) is 14.6. The topological polar surface area (TPSA) is 41.0 Å². The van der Waals surface area contributed by atoms with Crippen LogP contribution in [0.15, 0.2) is 90.8 Å². The molecule has 0 bridgehead atoms. The van der Waals surface area contributed by atoms with Gasteiger partial charge in [0.05, 0.1) is 17.4 Å². The smallest absolute Gasteiger partial charge is 0.0607 e. The third-order valence-electron chi connectivity index (χ3n) is 6.84. The number of hydrogen-bond donors (Lipinski definition) is 1. The van der Waals surface area contributed by atoms with Crippen LogP contribution in [0.2, 0.25) is 0 Å². The van der Waals surface area contributed by atoms with Crippen molar-refractivity contribution in [3.8, 4) is 0 Å². The van der Waals surface area contributed by atoms with E-state index in [0.29, 0.717) is 6.04 Å². The fraction of sp³-hybridized carbons (Fsp3) is 0.300. The first-order chi connectivity index (χ1) is 17.3. The Morgan fingerprint density at radius 2 is 1.77 bits per heavy atom. The number of benzene rings is 1. The quantitative estimate of drug-likeness (QED) is 0.386. The molecule has 0 aliphatic heterocycles. The number of thiocarbonyl (C=S) groups is 1. The van der Waals surface area contributed by atoms with Crippen LogP contribution in [0.4, 0.5) is 0 Å². The van der Waals surface area contributed by atoms with Gasteiger partial charge in [-0.15, -0.1) is 0 Å². The van der Waals surface area contributed by atoms with Crippen LogP contribution in [0.3, 0.4) is 0 Å². The summed E-state index contributed by atoms with van der Waals surface area (Å²) in [6, 6.07) is 19.6. The van der Waals surface area contributed by atoms with Crippen molar-refractivity contribution in [1.82, 2.24) is 20.2 Å². The summed E-state index contributed by atoms with van der Waals surface area (Å²) in [6.45, 7) is 3.34. The van der Waals surface area contributed by atoms with E-state index in [2.05, 4.69) is 69.8 Å². The highest BCUT2D eigenvalue weighted by Gasteiger charge is 2.28. The van der Waals surface area contributed by atoms with Gasteiger partial charge in [0, 0.05) is 49.9 Å². The van der Waals surface area contributed by atoms with E-state index in [4.69, 9.17) is 17.2 Å².